The molecule has 0 aliphatic heterocycles. The van der Waals surface area contributed by atoms with Gasteiger partial charge in [0.05, 0.1) is 19.3 Å². The predicted octanol–water partition coefficient (Wildman–Crippen LogP) is 0.225. The molecule has 0 bridgehead atoms. The van der Waals surface area contributed by atoms with Gasteiger partial charge in [0.25, 0.3) is 0 Å². The average Bonchev–Trinajstić information content (AvgIpc) is 2.71. The van der Waals surface area contributed by atoms with Crippen molar-refractivity contribution in [3.63, 3.8) is 0 Å². The molecule has 0 saturated carbocycles. The zero-order chi connectivity index (χ0) is 12.5. The van der Waals surface area contributed by atoms with E-state index in [1.165, 1.54) is 0 Å². The molecule has 1 aromatic heterocycles. The largest absolute Gasteiger partial charge is 0.445 e. The third-order valence-corrected chi connectivity index (χ3v) is 2.08. The van der Waals surface area contributed by atoms with Crippen molar-refractivity contribution in [2.75, 3.05) is 26.8 Å². The monoisotopic (exact) mass is 241 g/mol. The number of methoxy groups -OCH3 is 1. The maximum absolute atomic E-state index is 11.3. The van der Waals surface area contributed by atoms with Crippen molar-refractivity contribution in [3.05, 3.63) is 17.8 Å². The number of nitrogens with zero attached hydrogens (tertiary/aromatic N) is 1. The average molecular weight is 241 g/mol. The summed E-state index contributed by atoms with van der Waals surface area (Å²) in [7, 11) is 1.64. The summed E-state index contributed by atoms with van der Waals surface area (Å²) >= 11 is 0. The molecule has 2 N–H and O–H groups in total. The molecule has 0 spiro atoms. The van der Waals surface area contributed by atoms with E-state index in [1.54, 1.807) is 13.3 Å². The fourth-order valence-corrected chi connectivity index (χ4v) is 1.27. The third-order valence-electron chi connectivity index (χ3n) is 2.08. The number of carbonyl (C=O) groups is 1. The molecule has 0 aliphatic rings. The van der Waals surface area contributed by atoms with E-state index in [0.717, 1.165) is 12.2 Å². The molecular formula is C11H19N3O3. The van der Waals surface area contributed by atoms with Crippen LogP contribution < -0.4 is 10.6 Å². The molecule has 17 heavy (non-hydrogen) atoms. The van der Waals surface area contributed by atoms with Crippen molar-refractivity contribution >= 4 is 5.91 Å². The van der Waals surface area contributed by atoms with E-state index in [-0.39, 0.29) is 12.5 Å². The standard InChI is InChI=1S/C11H19N3O3/c1-9-6-14-11(17-9)8-12-7-10(15)13-4-3-5-16-2/h6,12H,3-5,7-8H2,1-2H3,(H,13,15). The van der Waals surface area contributed by atoms with Gasteiger partial charge in [-0.15, -0.1) is 0 Å². The number of aryl methyl sites for hydroxylation is 1. The summed E-state index contributed by atoms with van der Waals surface area (Å²) < 4.78 is 10.1. The number of nitrogens with one attached hydrogen (secondary N) is 2. The first-order valence-corrected chi connectivity index (χ1v) is 5.60. The molecule has 1 amide bonds. The van der Waals surface area contributed by atoms with E-state index in [0.29, 0.717) is 25.6 Å². The number of hydrogen-bond acceptors (Lipinski definition) is 5. The van der Waals surface area contributed by atoms with E-state index in [2.05, 4.69) is 15.6 Å². The topological polar surface area (TPSA) is 76.4 Å². The number of aromatic nitrogens is 1. The van der Waals surface area contributed by atoms with Crippen LogP contribution in [0.15, 0.2) is 10.6 Å². The molecule has 0 fully saturated rings. The molecular weight excluding hydrogens is 222 g/mol. The molecule has 0 unspecified atom stereocenters. The summed E-state index contributed by atoms with van der Waals surface area (Å²) in [6.07, 6.45) is 2.48. The van der Waals surface area contributed by atoms with Gasteiger partial charge in [0.2, 0.25) is 11.8 Å². The number of oxazole rings is 1. The Hall–Kier alpha value is -1.40. The van der Waals surface area contributed by atoms with Gasteiger partial charge in [0.15, 0.2) is 0 Å². The number of rotatable bonds is 8. The van der Waals surface area contributed by atoms with Gasteiger partial charge in [0, 0.05) is 20.3 Å². The lowest BCUT2D eigenvalue weighted by Gasteiger charge is -2.05. The molecule has 0 aliphatic carbocycles. The van der Waals surface area contributed by atoms with Crippen molar-refractivity contribution in [1.82, 2.24) is 15.6 Å². The van der Waals surface area contributed by atoms with Gasteiger partial charge in [-0.1, -0.05) is 0 Å². The van der Waals surface area contributed by atoms with Crippen molar-refractivity contribution in [2.24, 2.45) is 0 Å². The highest BCUT2D eigenvalue weighted by Gasteiger charge is 2.02. The zero-order valence-electron chi connectivity index (χ0n) is 10.3. The zero-order valence-corrected chi connectivity index (χ0v) is 10.3. The summed E-state index contributed by atoms with van der Waals surface area (Å²) in [6.45, 7) is 3.84. The first kappa shape index (κ1) is 13.7. The smallest absolute Gasteiger partial charge is 0.233 e. The molecule has 6 heteroatoms. The fraction of sp³-hybridized carbons (Fsp3) is 0.636. The second-order valence-corrected chi connectivity index (χ2v) is 3.66. The molecule has 0 radical (unpaired) electrons. The second kappa shape index (κ2) is 7.81. The van der Waals surface area contributed by atoms with Crippen molar-refractivity contribution in [3.8, 4) is 0 Å². The maximum atomic E-state index is 11.3. The highest BCUT2D eigenvalue weighted by molar-refractivity contribution is 5.77. The fourth-order valence-electron chi connectivity index (χ4n) is 1.27. The van der Waals surface area contributed by atoms with Crippen LogP contribution in [-0.4, -0.2) is 37.7 Å². The molecule has 96 valence electrons. The maximum Gasteiger partial charge on any atom is 0.233 e. The minimum Gasteiger partial charge on any atom is -0.445 e. The minimum atomic E-state index is -0.0376. The molecule has 0 atom stereocenters. The van der Waals surface area contributed by atoms with Gasteiger partial charge in [-0.05, 0) is 13.3 Å². The van der Waals surface area contributed by atoms with Crippen molar-refractivity contribution < 1.29 is 13.9 Å². The Bertz CT molecular complexity index is 338. The van der Waals surface area contributed by atoms with Gasteiger partial charge in [0.1, 0.15) is 5.76 Å². The first-order chi connectivity index (χ1) is 8.22. The van der Waals surface area contributed by atoms with Gasteiger partial charge in [-0.25, -0.2) is 4.98 Å². The van der Waals surface area contributed by atoms with Gasteiger partial charge in [-0.3, -0.25) is 10.1 Å². The number of carbonyl (C=O) groups excluding carboxylic acids is 1. The Labute approximate surface area is 101 Å². The normalized spacial score (nSPS) is 10.5. The van der Waals surface area contributed by atoms with Crippen LogP contribution in [0.3, 0.4) is 0 Å². The minimum absolute atomic E-state index is 0.0376. The Balaban J connectivity index is 2.04. The summed E-state index contributed by atoms with van der Waals surface area (Å²) in [4.78, 5) is 15.4. The van der Waals surface area contributed by atoms with Crippen LogP contribution in [0.25, 0.3) is 0 Å². The van der Waals surface area contributed by atoms with Gasteiger partial charge in [-0.2, -0.15) is 0 Å². The Morgan fingerprint density at radius 1 is 1.59 bits per heavy atom. The van der Waals surface area contributed by atoms with E-state index in [1.807, 2.05) is 6.92 Å². The van der Waals surface area contributed by atoms with Gasteiger partial charge >= 0.3 is 0 Å². The second-order valence-electron chi connectivity index (χ2n) is 3.66. The highest BCUT2D eigenvalue weighted by atomic mass is 16.5. The van der Waals surface area contributed by atoms with E-state index >= 15 is 0 Å². The quantitative estimate of drug-likeness (QED) is 0.637. The van der Waals surface area contributed by atoms with Crippen molar-refractivity contribution in [2.45, 2.75) is 19.9 Å². The molecule has 0 saturated heterocycles. The lowest BCUT2D eigenvalue weighted by molar-refractivity contribution is -0.120. The lowest BCUT2D eigenvalue weighted by Crippen LogP contribution is -2.34. The van der Waals surface area contributed by atoms with E-state index < -0.39 is 0 Å². The van der Waals surface area contributed by atoms with Crippen LogP contribution in [0.4, 0.5) is 0 Å². The van der Waals surface area contributed by atoms with Crippen molar-refractivity contribution in [1.29, 1.82) is 0 Å². The Morgan fingerprint density at radius 2 is 2.41 bits per heavy atom. The molecule has 6 nitrogen and oxygen atoms in total. The highest BCUT2D eigenvalue weighted by Crippen LogP contribution is 1.99. The molecule has 1 rings (SSSR count). The van der Waals surface area contributed by atoms with Crippen LogP contribution in [0.5, 0.6) is 0 Å². The van der Waals surface area contributed by atoms with Crippen LogP contribution in [-0.2, 0) is 16.1 Å². The first-order valence-electron chi connectivity index (χ1n) is 5.60. The number of hydrogen-bond donors (Lipinski definition) is 2. The van der Waals surface area contributed by atoms with Crippen LogP contribution >= 0.6 is 0 Å². The van der Waals surface area contributed by atoms with Gasteiger partial charge < -0.3 is 14.5 Å². The Morgan fingerprint density at radius 3 is 3.06 bits per heavy atom. The molecule has 0 aromatic carbocycles. The van der Waals surface area contributed by atoms with E-state index in [4.69, 9.17) is 9.15 Å². The summed E-state index contributed by atoms with van der Waals surface area (Å²) in [6, 6.07) is 0. The van der Waals surface area contributed by atoms with Crippen LogP contribution in [0.1, 0.15) is 18.1 Å². The van der Waals surface area contributed by atoms with Crippen LogP contribution in [0, 0.1) is 6.92 Å². The molecule has 1 aromatic rings. The van der Waals surface area contributed by atoms with Crippen LogP contribution in [0.2, 0.25) is 0 Å². The summed E-state index contributed by atoms with van der Waals surface area (Å²) in [5, 5.41) is 5.73. The third kappa shape index (κ3) is 6.03. The number of amides is 1. The number of ether oxygens (including phenoxy) is 1. The van der Waals surface area contributed by atoms with E-state index in [9.17, 15) is 4.79 Å². The lowest BCUT2D eigenvalue weighted by atomic mass is 10.4. The summed E-state index contributed by atoms with van der Waals surface area (Å²) in [5.41, 5.74) is 0. The Kier molecular flexibility index (Phi) is 6.27. The summed E-state index contributed by atoms with van der Waals surface area (Å²) in [5.74, 6) is 1.32. The molecule has 1 heterocycles. The predicted molar refractivity (Wildman–Crippen MR) is 62.4 cm³/mol. The SMILES string of the molecule is COCCCNC(=O)CNCc1ncc(C)o1.